The molecule has 4 rings (SSSR count). The number of carbonyl (C=O) groups excluding carboxylic acids is 1. The number of carbonyl (C=O) groups is 1. The fourth-order valence-electron chi connectivity index (χ4n) is 3.63. The lowest BCUT2D eigenvalue weighted by Gasteiger charge is -2.13. The molecule has 0 aliphatic rings. The van der Waals surface area contributed by atoms with Gasteiger partial charge in [0.1, 0.15) is 5.75 Å². The van der Waals surface area contributed by atoms with Crippen LogP contribution in [0.1, 0.15) is 28.4 Å². The summed E-state index contributed by atoms with van der Waals surface area (Å²) in [6, 6.07) is 16.5. The monoisotopic (exact) mass is 539 g/mol. The predicted octanol–water partition coefficient (Wildman–Crippen LogP) is 6.43. The van der Waals surface area contributed by atoms with Crippen molar-refractivity contribution in [2.24, 2.45) is 5.10 Å². The molecule has 12 heteroatoms. The molecule has 0 spiro atoms. The highest BCUT2D eigenvalue weighted by Crippen LogP contribution is 2.40. The van der Waals surface area contributed by atoms with E-state index in [2.05, 4.69) is 10.5 Å². The molecule has 0 unspecified atom stereocenters. The summed E-state index contributed by atoms with van der Waals surface area (Å²) in [6.07, 6.45) is -3.47. The van der Waals surface area contributed by atoms with Crippen LogP contribution in [0.3, 0.4) is 0 Å². The van der Waals surface area contributed by atoms with Gasteiger partial charge in [-0.05, 0) is 65.7 Å². The average Bonchev–Trinajstić information content (AvgIpc) is 2.89. The van der Waals surface area contributed by atoms with E-state index in [1.54, 1.807) is 25.1 Å². The maximum absolute atomic E-state index is 13.0. The first-order chi connectivity index (χ1) is 18.6. The Hall–Kier alpha value is -5.13. The molecular formula is C27H20F3N3O6. The van der Waals surface area contributed by atoms with Gasteiger partial charge in [-0.25, -0.2) is 5.43 Å². The van der Waals surface area contributed by atoms with Crippen molar-refractivity contribution in [3.8, 4) is 23.0 Å². The lowest BCUT2D eigenvalue weighted by molar-refractivity contribution is -0.385. The number of hydrazone groups is 1. The summed E-state index contributed by atoms with van der Waals surface area (Å²) in [7, 11) is 0. The lowest BCUT2D eigenvalue weighted by Crippen LogP contribution is -2.17. The van der Waals surface area contributed by atoms with E-state index in [-0.39, 0.29) is 29.4 Å². The first-order valence-corrected chi connectivity index (χ1v) is 11.4. The third-order valence-corrected chi connectivity index (χ3v) is 5.46. The maximum Gasteiger partial charge on any atom is 0.416 e. The summed E-state index contributed by atoms with van der Waals surface area (Å²) >= 11 is 0. The summed E-state index contributed by atoms with van der Waals surface area (Å²) in [5, 5.41) is 27.0. The van der Waals surface area contributed by atoms with Crippen molar-refractivity contribution in [3.63, 3.8) is 0 Å². The number of alkyl halides is 3. The summed E-state index contributed by atoms with van der Waals surface area (Å²) in [5.41, 5.74) is 0.752. The number of amides is 1. The van der Waals surface area contributed by atoms with Crippen LogP contribution in [-0.4, -0.2) is 28.8 Å². The standard InChI is InChI=1S/C27H20F3N3O6/c1-2-38-25-11-16(15-31-32-26(35)20-12-17-5-3-4-6-18(17)13-22(20)34)7-9-24(25)39-23-10-8-19(27(28,29)30)14-21(23)33(36)37/h3-15,34H,2H2,1H3,(H,32,35)/b31-15+. The lowest BCUT2D eigenvalue weighted by atomic mass is 10.1. The predicted molar refractivity (Wildman–Crippen MR) is 136 cm³/mol. The molecule has 0 bridgehead atoms. The van der Waals surface area contributed by atoms with E-state index in [1.807, 2.05) is 6.07 Å². The van der Waals surface area contributed by atoms with Crippen molar-refractivity contribution >= 4 is 28.6 Å². The summed E-state index contributed by atoms with van der Waals surface area (Å²) in [4.78, 5) is 23.0. The molecule has 0 aliphatic heterocycles. The molecule has 0 saturated heterocycles. The number of hydrogen-bond donors (Lipinski definition) is 2. The van der Waals surface area contributed by atoms with Gasteiger partial charge in [-0.3, -0.25) is 14.9 Å². The molecule has 0 fully saturated rings. The molecule has 0 aromatic heterocycles. The van der Waals surface area contributed by atoms with Gasteiger partial charge >= 0.3 is 11.9 Å². The van der Waals surface area contributed by atoms with Crippen molar-refractivity contribution in [1.82, 2.24) is 5.43 Å². The number of rotatable bonds is 8. The number of nitrogens with zero attached hydrogens (tertiary/aromatic N) is 2. The van der Waals surface area contributed by atoms with E-state index in [0.29, 0.717) is 17.7 Å². The van der Waals surface area contributed by atoms with Gasteiger partial charge < -0.3 is 14.6 Å². The smallest absolute Gasteiger partial charge is 0.416 e. The van der Waals surface area contributed by atoms with Crippen LogP contribution in [-0.2, 0) is 6.18 Å². The second kappa shape index (κ2) is 11.1. The van der Waals surface area contributed by atoms with Gasteiger partial charge in [0, 0.05) is 6.07 Å². The molecule has 0 atom stereocenters. The first-order valence-electron chi connectivity index (χ1n) is 11.4. The number of phenols is 1. The second-order valence-electron chi connectivity index (χ2n) is 8.09. The highest BCUT2D eigenvalue weighted by atomic mass is 19.4. The van der Waals surface area contributed by atoms with E-state index in [0.717, 1.165) is 16.8 Å². The minimum atomic E-state index is -4.76. The topological polar surface area (TPSA) is 123 Å². The van der Waals surface area contributed by atoms with Crippen LogP contribution in [0.2, 0.25) is 0 Å². The Bertz CT molecular complexity index is 1590. The first kappa shape index (κ1) is 26.9. The van der Waals surface area contributed by atoms with Crippen molar-refractivity contribution < 1.29 is 37.5 Å². The molecule has 39 heavy (non-hydrogen) atoms. The van der Waals surface area contributed by atoms with Gasteiger partial charge in [0.05, 0.1) is 28.9 Å². The number of fused-ring (bicyclic) bond motifs is 1. The van der Waals surface area contributed by atoms with Crippen LogP contribution in [0.25, 0.3) is 10.8 Å². The third-order valence-electron chi connectivity index (χ3n) is 5.46. The molecule has 4 aromatic carbocycles. The second-order valence-corrected chi connectivity index (χ2v) is 8.09. The number of nitrogens with one attached hydrogen (secondary N) is 1. The highest BCUT2D eigenvalue weighted by Gasteiger charge is 2.33. The van der Waals surface area contributed by atoms with Gasteiger partial charge in [0.15, 0.2) is 11.5 Å². The Morgan fingerprint density at radius 2 is 1.72 bits per heavy atom. The van der Waals surface area contributed by atoms with Gasteiger partial charge in [-0.15, -0.1) is 0 Å². The zero-order valence-corrected chi connectivity index (χ0v) is 20.2. The van der Waals surface area contributed by atoms with E-state index in [9.17, 15) is 33.2 Å². The van der Waals surface area contributed by atoms with Crippen LogP contribution in [0.15, 0.2) is 77.9 Å². The molecule has 0 heterocycles. The van der Waals surface area contributed by atoms with Crippen molar-refractivity contribution in [1.29, 1.82) is 0 Å². The molecular weight excluding hydrogens is 519 g/mol. The van der Waals surface area contributed by atoms with Gasteiger partial charge in [0.2, 0.25) is 5.75 Å². The fourth-order valence-corrected chi connectivity index (χ4v) is 3.63. The zero-order valence-electron chi connectivity index (χ0n) is 20.2. The Morgan fingerprint density at radius 3 is 2.38 bits per heavy atom. The zero-order chi connectivity index (χ0) is 28.2. The normalized spacial score (nSPS) is 11.5. The van der Waals surface area contributed by atoms with Crippen molar-refractivity contribution in [3.05, 3.63) is 99.6 Å². The Kier molecular flexibility index (Phi) is 7.65. The van der Waals surface area contributed by atoms with Crippen LogP contribution >= 0.6 is 0 Å². The average molecular weight is 539 g/mol. The van der Waals surface area contributed by atoms with Crippen molar-refractivity contribution in [2.45, 2.75) is 13.1 Å². The van der Waals surface area contributed by atoms with E-state index in [4.69, 9.17) is 9.47 Å². The van der Waals surface area contributed by atoms with Crippen LogP contribution in [0.5, 0.6) is 23.0 Å². The van der Waals surface area contributed by atoms with Gasteiger partial charge in [-0.2, -0.15) is 18.3 Å². The Labute approximate surface area is 219 Å². The van der Waals surface area contributed by atoms with Crippen molar-refractivity contribution in [2.75, 3.05) is 6.61 Å². The molecule has 0 radical (unpaired) electrons. The molecule has 0 aliphatic carbocycles. The molecule has 1 amide bonds. The largest absolute Gasteiger partial charge is 0.507 e. The Balaban J connectivity index is 1.54. The number of nitro groups is 1. The fraction of sp³-hybridized carbons (Fsp3) is 0.111. The maximum atomic E-state index is 13.0. The van der Waals surface area contributed by atoms with Gasteiger partial charge in [0.25, 0.3) is 5.91 Å². The molecule has 200 valence electrons. The molecule has 2 N–H and O–H groups in total. The number of halogens is 3. The molecule has 0 saturated carbocycles. The summed E-state index contributed by atoms with van der Waals surface area (Å²) in [5.74, 6) is -1.11. The number of phenolic OH excluding ortho intramolecular Hbond substituents is 1. The highest BCUT2D eigenvalue weighted by molar-refractivity contribution is 6.01. The molecule has 9 nitrogen and oxygen atoms in total. The number of benzene rings is 4. The van der Waals surface area contributed by atoms with E-state index >= 15 is 0 Å². The Morgan fingerprint density at radius 1 is 1.03 bits per heavy atom. The molecule has 4 aromatic rings. The summed E-state index contributed by atoms with van der Waals surface area (Å²) < 4.78 is 50.1. The number of ether oxygens (including phenoxy) is 2. The van der Waals surface area contributed by atoms with Crippen LogP contribution in [0.4, 0.5) is 18.9 Å². The number of aromatic hydroxyl groups is 1. The van der Waals surface area contributed by atoms with Crippen LogP contribution in [0, 0.1) is 10.1 Å². The minimum absolute atomic E-state index is 0.0157. The number of hydrogen-bond acceptors (Lipinski definition) is 7. The minimum Gasteiger partial charge on any atom is -0.507 e. The third kappa shape index (κ3) is 6.24. The van der Waals surface area contributed by atoms with Crippen LogP contribution < -0.4 is 14.9 Å². The number of nitro benzene ring substituents is 1. The SMILES string of the molecule is CCOc1cc(/C=N/NC(=O)c2cc3ccccc3cc2O)ccc1Oc1ccc(C(F)(F)F)cc1[N+](=O)[O-]. The van der Waals surface area contributed by atoms with E-state index in [1.165, 1.54) is 36.5 Å². The van der Waals surface area contributed by atoms with E-state index < -0.39 is 34.0 Å². The van der Waals surface area contributed by atoms with Gasteiger partial charge in [-0.1, -0.05) is 24.3 Å². The summed E-state index contributed by atoms with van der Waals surface area (Å²) in [6.45, 7) is 1.87. The quantitative estimate of drug-likeness (QED) is 0.151.